The minimum Gasteiger partial charge on any atom is -0.462 e. The molecule has 0 aliphatic rings. The van der Waals surface area contributed by atoms with Gasteiger partial charge in [-0.05, 0) is 154 Å². The molecule has 0 spiro atoms. The molecule has 0 heterocycles. The topological polar surface area (TPSA) is 78.9 Å². The first-order valence-corrected chi connectivity index (χ1v) is 31.9. The number of carbonyl (C=O) groups is 3. The summed E-state index contributed by atoms with van der Waals surface area (Å²) in [6, 6.07) is 0. The van der Waals surface area contributed by atoms with Gasteiger partial charge in [-0.15, -0.1) is 0 Å². The molecule has 0 aromatic heterocycles. The fraction of sp³-hybridized carbons (Fsp3) is 0.533. The summed E-state index contributed by atoms with van der Waals surface area (Å²) in [7, 11) is 0. The molecule has 1 unspecified atom stereocenters. The summed E-state index contributed by atoms with van der Waals surface area (Å²) in [6.07, 6.45) is 101. The molecule has 1 atom stereocenters. The third kappa shape index (κ3) is 64.9. The van der Waals surface area contributed by atoms with Crippen LogP contribution in [0, 0.1) is 0 Å². The molecule has 81 heavy (non-hydrogen) atoms. The molecule has 0 bridgehead atoms. The summed E-state index contributed by atoms with van der Waals surface area (Å²) >= 11 is 0. The van der Waals surface area contributed by atoms with Gasteiger partial charge in [-0.25, -0.2) is 0 Å². The molecule has 6 heteroatoms. The summed E-state index contributed by atoms with van der Waals surface area (Å²) in [5.74, 6) is -1.03. The Bertz CT molecular complexity index is 1950. The zero-order valence-corrected chi connectivity index (χ0v) is 51.5. The molecule has 0 radical (unpaired) electrons. The third-order valence-electron chi connectivity index (χ3n) is 12.6. The lowest BCUT2D eigenvalue weighted by atomic mass is 10.1. The Morgan fingerprint density at radius 1 is 0.247 bits per heavy atom. The molecule has 0 rings (SSSR count). The highest BCUT2D eigenvalue weighted by molar-refractivity contribution is 5.71. The molecule has 0 amide bonds. The maximum atomic E-state index is 12.9. The predicted octanol–water partition coefficient (Wildman–Crippen LogP) is 22.2. The minimum atomic E-state index is -0.836. The first kappa shape index (κ1) is 75.2. The van der Waals surface area contributed by atoms with Crippen molar-refractivity contribution in [1.82, 2.24) is 0 Å². The minimum absolute atomic E-state index is 0.126. The third-order valence-corrected chi connectivity index (χ3v) is 12.6. The van der Waals surface area contributed by atoms with E-state index < -0.39 is 6.10 Å². The first-order valence-electron chi connectivity index (χ1n) is 31.9. The second-order valence-electron chi connectivity index (χ2n) is 20.2. The number of hydrogen-bond donors (Lipinski definition) is 0. The van der Waals surface area contributed by atoms with E-state index in [-0.39, 0.29) is 37.5 Å². The van der Waals surface area contributed by atoms with E-state index in [1.165, 1.54) is 12.8 Å². The van der Waals surface area contributed by atoms with Crippen LogP contribution in [-0.2, 0) is 28.6 Å². The standard InChI is InChI=1S/C75H114O6/c1-4-7-10-13-16-19-22-25-28-30-32-34-36-37-39-40-42-44-47-50-53-56-59-62-65-68-74(77)80-71-72(70-79-73(76)67-64-61-58-55-52-49-46-27-24-21-18-15-12-9-6-3)81-75(78)69-66-63-60-57-54-51-48-45-43-41-38-35-33-31-29-26-23-20-17-14-11-8-5-2/h7-12,16-21,25-29,32-35,37,39,41-44,46,48,51,57,60,72H,4-6,13-15,22-24,30-31,36,38,40,45,47,49-50,52-56,58-59,61-71H2,1-3H3/b10-7-,11-8-,12-9-,19-16-,20-17-,21-18-,28-25-,29-26-,34-32-,35-33-,39-37-,43-41-,44-42-,46-27-,51-48-,60-57-. The van der Waals surface area contributed by atoms with Gasteiger partial charge in [-0.2, -0.15) is 0 Å². The summed E-state index contributed by atoms with van der Waals surface area (Å²) in [4.78, 5) is 38.3. The second kappa shape index (κ2) is 66.8. The van der Waals surface area contributed by atoms with Crippen LogP contribution in [0.1, 0.15) is 239 Å². The van der Waals surface area contributed by atoms with E-state index in [2.05, 4.69) is 215 Å². The van der Waals surface area contributed by atoms with E-state index in [4.69, 9.17) is 14.2 Å². The van der Waals surface area contributed by atoms with Gasteiger partial charge in [-0.1, -0.05) is 260 Å². The van der Waals surface area contributed by atoms with Crippen molar-refractivity contribution in [2.24, 2.45) is 0 Å². The second-order valence-corrected chi connectivity index (χ2v) is 20.2. The lowest BCUT2D eigenvalue weighted by Gasteiger charge is -2.18. The molecule has 0 aliphatic heterocycles. The van der Waals surface area contributed by atoms with Crippen molar-refractivity contribution in [3.8, 4) is 0 Å². The SMILES string of the molecule is CC/C=C\C/C=C\C/C=C\C/C=C\C/C=C\C/C=C\C/C=C\CCCC(=O)OC(COC(=O)CCCCCCC/C=C\C/C=C\C/C=C\CC)COC(=O)CCCCCCCC/C=C\C/C=C\C/C=C\C/C=C\C/C=C\C/C=C\CC. The van der Waals surface area contributed by atoms with Gasteiger partial charge in [0, 0.05) is 19.3 Å². The molecule has 0 saturated heterocycles. The molecule has 450 valence electrons. The van der Waals surface area contributed by atoms with Crippen LogP contribution < -0.4 is 0 Å². The van der Waals surface area contributed by atoms with E-state index in [1.54, 1.807) is 0 Å². The highest BCUT2D eigenvalue weighted by atomic mass is 16.6. The lowest BCUT2D eigenvalue weighted by Crippen LogP contribution is -2.30. The van der Waals surface area contributed by atoms with Crippen LogP contribution in [0.3, 0.4) is 0 Å². The van der Waals surface area contributed by atoms with Crippen LogP contribution in [0.15, 0.2) is 194 Å². The molecule has 0 N–H and O–H groups in total. The molecular weight excluding hydrogens is 997 g/mol. The zero-order chi connectivity index (χ0) is 58.5. The number of unbranched alkanes of at least 4 members (excludes halogenated alkanes) is 12. The Morgan fingerprint density at radius 2 is 0.457 bits per heavy atom. The average Bonchev–Trinajstić information content (AvgIpc) is 3.47. The van der Waals surface area contributed by atoms with Crippen LogP contribution in [0.25, 0.3) is 0 Å². The van der Waals surface area contributed by atoms with Crippen molar-refractivity contribution >= 4 is 17.9 Å². The Kier molecular flexibility index (Phi) is 62.0. The summed E-state index contributed by atoms with van der Waals surface area (Å²) in [6.45, 7) is 6.21. The Labute approximate surface area is 497 Å². The van der Waals surface area contributed by atoms with Gasteiger partial charge in [0.1, 0.15) is 13.2 Å². The van der Waals surface area contributed by atoms with Crippen LogP contribution >= 0.6 is 0 Å². The number of hydrogen-bond acceptors (Lipinski definition) is 6. The fourth-order valence-corrected chi connectivity index (χ4v) is 7.92. The van der Waals surface area contributed by atoms with E-state index >= 15 is 0 Å². The van der Waals surface area contributed by atoms with Gasteiger partial charge in [0.2, 0.25) is 0 Å². The fourth-order valence-electron chi connectivity index (χ4n) is 7.92. The first-order chi connectivity index (χ1) is 40.0. The highest BCUT2D eigenvalue weighted by Gasteiger charge is 2.19. The zero-order valence-electron chi connectivity index (χ0n) is 51.5. The quantitative estimate of drug-likeness (QED) is 0.0261. The van der Waals surface area contributed by atoms with Gasteiger partial charge in [0.05, 0.1) is 0 Å². The van der Waals surface area contributed by atoms with Gasteiger partial charge in [-0.3, -0.25) is 14.4 Å². The Hall–Kier alpha value is -5.75. The average molecular weight is 1110 g/mol. The lowest BCUT2D eigenvalue weighted by molar-refractivity contribution is -0.167. The van der Waals surface area contributed by atoms with E-state index in [0.29, 0.717) is 19.3 Å². The van der Waals surface area contributed by atoms with E-state index in [9.17, 15) is 14.4 Å². The predicted molar refractivity (Wildman–Crippen MR) is 352 cm³/mol. The molecule has 0 saturated carbocycles. The molecule has 0 fully saturated rings. The molecule has 0 aromatic rings. The maximum Gasteiger partial charge on any atom is 0.306 e. The summed E-state index contributed by atoms with van der Waals surface area (Å²) < 4.78 is 16.8. The van der Waals surface area contributed by atoms with Gasteiger partial charge < -0.3 is 14.2 Å². The highest BCUT2D eigenvalue weighted by Crippen LogP contribution is 2.13. The van der Waals surface area contributed by atoms with Gasteiger partial charge in [0.15, 0.2) is 6.10 Å². The molecule has 6 nitrogen and oxygen atoms in total. The number of carbonyl (C=O) groups excluding carboxylic acids is 3. The smallest absolute Gasteiger partial charge is 0.306 e. The number of esters is 3. The monoisotopic (exact) mass is 1110 g/mol. The van der Waals surface area contributed by atoms with Crippen LogP contribution in [-0.4, -0.2) is 37.2 Å². The number of rotatable bonds is 55. The molecule has 0 aliphatic carbocycles. The van der Waals surface area contributed by atoms with Crippen molar-refractivity contribution in [3.63, 3.8) is 0 Å². The van der Waals surface area contributed by atoms with Crippen LogP contribution in [0.2, 0.25) is 0 Å². The Morgan fingerprint density at radius 3 is 0.728 bits per heavy atom. The van der Waals surface area contributed by atoms with E-state index in [1.807, 2.05) is 0 Å². The Balaban J connectivity index is 4.56. The van der Waals surface area contributed by atoms with Crippen LogP contribution in [0.5, 0.6) is 0 Å². The van der Waals surface area contributed by atoms with Crippen molar-refractivity contribution in [1.29, 1.82) is 0 Å². The van der Waals surface area contributed by atoms with Crippen molar-refractivity contribution < 1.29 is 28.6 Å². The van der Waals surface area contributed by atoms with Gasteiger partial charge >= 0.3 is 17.9 Å². The summed E-state index contributed by atoms with van der Waals surface area (Å²) in [5.41, 5.74) is 0. The molecular formula is C75H114O6. The molecule has 0 aromatic carbocycles. The van der Waals surface area contributed by atoms with Crippen molar-refractivity contribution in [2.75, 3.05) is 13.2 Å². The van der Waals surface area contributed by atoms with Gasteiger partial charge in [0.25, 0.3) is 0 Å². The van der Waals surface area contributed by atoms with Crippen molar-refractivity contribution in [3.05, 3.63) is 194 Å². The van der Waals surface area contributed by atoms with Crippen LogP contribution in [0.4, 0.5) is 0 Å². The normalized spacial score (nSPS) is 13.5. The van der Waals surface area contributed by atoms with Crippen molar-refractivity contribution in [2.45, 2.75) is 245 Å². The number of allylic oxidation sites excluding steroid dienone is 32. The number of ether oxygens (including phenoxy) is 3. The maximum absolute atomic E-state index is 12.9. The largest absolute Gasteiger partial charge is 0.462 e. The van der Waals surface area contributed by atoms with E-state index in [0.717, 1.165) is 180 Å². The summed E-state index contributed by atoms with van der Waals surface area (Å²) in [5, 5.41) is 0.